The molecule has 4 heteroatoms. The number of nitrogen functional groups attached to an aromatic ring is 1. The molecule has 0 amide bonds. The fourth-order valence-corrected chi connectivity index (χ4v) is 2.40. The minimum absolute atomic E-state index is 0.168. The summed E-state index contributed by atoms with van der Waals surface area (Å²) in [6.45, 7) is 0. The van der Waals surface area contributed by atoms with Gasteiger partial charge in [-0.05, 0) is 30.4 Å². The summed E-state index contributed by atoms with van der Waals surface area (Å²) in [6.07, 6.45) is 7.08. The first kappa shape index (κ1) is 10.9. The summed E-state index contributed by atoms with van der Waals surface area (Å²) in [5, 5.41) is 9.08. The summed E-state index contributed by atoms with van der Waals surface area (Å²) in [6, 6.07) is 1.77. The Morgan fingerprint density at radius 2 is 2.06 bits per heavy atom. The summed E-state index contributed by atoms with van der Waals surface area (Å²) in [4.78, 5) is 15.0. The summed E-state index contributed by atoms with van der Waals surface area (Å²) < 4.78 is 0. The Morgan fingerprint density at radius 3 is 2.69 bits per heavy atom. The Morgan fingerprint density at radius 1 is 1.38 bits per heavy atom. The number of carboxylic acids is 1. The third kappa shape index (κ3) is 2.15. The standard InChI is InChI=1S/C12H16N2O2/c13-9-6-10(8-4-2-1-3-5-8)11(12(15)16)14-7-9/h6-8H,1-5,13H2,(H,15,16). The zero-order valence-corrected chi connectivity index (χ0v) is 9.15. The topological polar surface area (TPSA) is 76.2 Å². The van der Waals surface area contributed by atoms with Crippen molar-refractivity contribution in [3.63, 3.8) is 0 Å². The Labute approximate surface area is 94.5 Å². The van der Waals surface area contributed by atoms with Crippen LogP contribution in [0.5, 0.6) is 0 Å². The van der Waals surface area contributed by atoms with E-state index in [1.54, 1.807) is 6.07 Å². The number of carboxylic acid groups (broad SMARTS) is 1. The highest BCUT2D eigenvalue weighted by Crippen LogP contribution is 2.34. The van der Waals surface area contributed by atoms with E-state index in [1.165, 1.54) is 25.5 Å². The number of hydrogen-bond donors (Lipinski definition) is 2. The number of nitrogens with two attached hydrogens (primary N) is 1. The smallest absolute Gasteiger partial charge is 0.354 e. The van der Waals surface area contributed by atoms with Crippen LogP contribution < -0.4 is 5.73 Å². The average Bonchev–Trinajstić information content (AvgIpc) is 2.29. The lowest BCUT2D eigenvalue weighted by atomic mass is 9.83. The van der Waals surface area contributed by atoms with Crippen LogP contribution in [0.1, 0.15) is 54.1 Å². The SMILES string of the molecule is Nc1cnc(C(=O)O)c(C2CCCCC2)c1. The largest absolute Gasteiger partial charge is 0.477 e. The molecule has 0 bridgehead atoms. The first-order valence-corrected chi connectivity index (χ1v) is 5.67. The van der Waals surface area contributed by atoms with Gasteiger partial charge in [-0.15, -0.1) is 0 Å². The summed E-state index contributed by atoms with van der Waals surface area (Å²) in [7, 11) is 0. The number of carbonyl (C=O) groups is 1. The fourth-order valence-electron chi connectivity index (χ4n) is 2.40. The van der Waals surface area contributed by atoms with Crippen LogP contribution in [-0.4, -0.2) is 16.1 Å². The van der Waals surface area contributed by atoms with Gasteiger partial charge in [0.1, 0.15) is 0 Å². The molecule has 0 aliphatic heterocycles. The molecule has 0 unspecified atom stereocenters. The van der Waals surface area contributed by atoms with Crippen LogP contribution in [0.2, 0.25) is 0 Å². The molecule has 0 radical (unpaired) electrons. The predicted molar refractivity (Wildman–Crippen MR) is 61.4 cm³/mol. The van der Waals surface area contributed by atoms with E-state index in [1.807, 2.05) is 0 Å². The van der Waals surface area contributed by atoms with Gasteiger partial charge in [0, 0.05) is 0 Å². The van der Waals surface area contributed by atoms with Crippen LogP contribution in [0.15, 0.2) is 12.3 Å². The number of pyridine rings is 1. The lowest BCUT2D eigenvalue weighted by Crippen LogP contribution is -2.13. The second-order valence-electron chi connectivity index (χ2n) is 4.35. The highest BCUT2D eigenvalue weighted by Gasteiger charge is 2.22. The first-order chi connectivity index (χ1) is 7.68. The Balaban J connectivity index is 2.36. The Kier molecular flexibility index (Phi) is 3.08. The predicted octanol–water partition coefficient (Wildman–Crippen LogP) is 2.41. The maximum absolute atomic E-state index is 11.1. The molecule has 0 saturated heterocycles. The van der Waals surface area contributed by atoms with Gasteiger partial charge >= 0.3 is 5.97 Å². The lowest BCUT2D eigenvalue weighted by molar-refractivity contribution is 0.0688. The van der Waals surface area contributed by atoms with E-state index in [9.17, 15) is 4.79 Å². The van der Waals surface area contributed by atoms with Crippen LogP contribution in [0.3, 0.4) is 0 Å². The average molecular weight is 220 g/mol. The molecule has 3 N–H and O–H groups in total. The third-order valence-corrected chi connectivity index (χ3v) is 3.19. The third-order valence-electron chi connectivity index (χ3n) is 3.19. The summed E-state index contributed by atoms with van der Waals surface area (Å²) >= 11 is 0. The van der Waals surface area contributed by atoms with Gasteiger partial charge in [-0.25, -0.2) is 9.78 Å². The molecule has 1 aliphatic carbocycles. The van der Waals surface area contributed by atoms with E-state index >= 15 is 0 Å². The van der Waals surface area contributed by atoms with Gasteiger partial charge in [-0.1, -0.05) is 19.3 Å². The maximum atomic E-state index is 11.1. The highest BCUT2D eigenvalue weighted by atomic mass is 16.4. The lowest BCUT2D eigenvalue weighted by Gasteiger charge is -2.23. The van der Waals surface area contributed by atoms with Crippen molar-refractivity contribution < 1.29 is 9.90 Å². The van der Waals surface area contributed by atoms with Crippen molar-refractivity contribution in [3.05, 3.63) is 23.5 Å². The van der Waals surface area contributed by atoms with E-state index in [0.29, 0.717) is 11.6 Å². The van der Waals surface area contributed by atoms with Crippen molar-refractivity contribution in [3.8, 4) is 0 Å². The monoisotopic (exact) mass is 220 g/mol. The van der Waals surface area contributed by atoms with E-state index in [2.05, 4.69) is 4.98 Å². The fraction of sp³-hybridized carbons (Fsp3) is 0.500. The zero-order chi connectivity index (χ0) is 11.5. The van der Waals surface area contributed by atoms with Gasteiger partial charge in [0.15, 0.2) is 5.69 Å². The Hall–Kier alpha value is -1.58. The summed E-state index contributed by atoms with van der Waals surface area (Å²) in [5.74, 6) is -0.642. The molecule has 86 valence electrons. The first-order valence-electron chi connectivity index (χ1n) is 5.67. The normalized spacial score (nSPS) is 17.2. The number of rotatable bonds is 2. The number of aromatic carboxylic acids is 1. The molecule has 1 aromatic rings. The molecular formula is C12H16N2O2. The molecule has 0 spiro atoms. The number of anilines is 1. The van der Waals surface area contributed by atoms with Crippen LogP contribution in [0, 0.1) is 0 Å². The van der Waals surface area contributed by atoms with Crippen molar-refractivity contribution >= 4 is 11.7 Å². The molecule has 2 rings (SSSR count). The van der Waals surface area contributed by atoms with E-state index in [-0.39, 0.29) is 5.69 Å². The van der Waals surface area contributed by atoms with Crippen LogP contribution in [-0.2, 0) is 0 Å². The van der Waals surface area contributed by atoms with Crippen LogP contribution >= 0.6 is 0 Å². The molecule has 16 heavy (non-hydrogen) atoms. The van der Waals surface area contributed by atoms with Crippen LogP contribution in [0.25, 0.3) is 0 Å². The van der Waals surface area contributed by atoms with E-state index < -0.39 is 5.97 Å². The molecule has 1 aromatic heterocycles. The number of hydrogen-bond acceptors (Lipinski definition) is 3. The molecule has 0 aromatic carbocycles. The van der Waals surface area contributed by atoms with Crippen LogP contribution in [0.4, 0.5) is 5.69 Å². The molecule has 4 nitrogen and oxygen atoms in total. The molecule has 1 aliphatic rings. The van der Waals surface area contributed by atoms with E-state index in [0.717, 1.165) is 18.4 Å². The molecule has 0 atom stereocenters. The molecule has 1 fully saturated rings. The molecule has 1 saturated carbocycles. The minimum Gasteiger partial charge on any atom is -0.477 e. The highest BCUT2D eigenvalue weighted by molar-refractivity contribution is 5.87. The van der Waals surface area contributed by atoms with Crippen molar-refractivity contribution in [2.75, 3.05) is 5.73 Å². The summed E-state index contributed by atoms with van der Waals surface area (Å²) in [5.41, 5.74) is 7.21. The van der Waals surface area contributed by atoms with Gasteiger partial charge in [-0.2, -0.15) is 0 Å². The number of aromatic nitrogens is 1. The van der Waals surface area contributed by atoms with Gasteiger partial charge in [0.05, 0.1) is 11.9 Å². The van der Waals surface area contributed by atoms with Crippen molar-refractivity contribution in [2.24, 2.45) is 0 Å². The van der Waals surface area contributed by atoms with Gasteiger partial charge in [-0.3, -0.25) is 0 Å². The van der Waals surface area contributed by atoms with Gasteiger partial charge < -0.3 is 10.8 Å². The quantitative estimate of drug-likeness (QED) is 0.802. The zero-order valence-electron chi connectivity index (χ0n) is 9.15. The van der Waals surface area contributed by atoms with E-state index in [4.69, 9.17) is 10.8 Å². The second kappa shape index (κ2) is 4.51. The van der Waals surface area contributed by atoms with Gasteiger partial charge in [0.2, 0.25) is 0 Å². The van der Waals surface area contributed by atoms with Crippen molar-refractivity contribution in [1.82, 2.24) is 4.98 Å². The number of nitrogens with zero attached hydrogens (tertiary/aromatic N) is 1. The van der Waals surface area contributed by atoms with Gasteiger partial charge in [0.25, 0.3) is 0 Å². The molecule has 1 heterocycles. The molecular weight excluding hydrogens is 204 g/mol. The van der Waals surface area contributed by atoms with Crippen molar-refractivity contribution in [1.29, 1.82) is 0 Å². The maximum Gasteiger partial charge on any atom is 0.354 e. The minimum atomic E-state index is -0.958. The van der Waals surface area contributed by atoms with Crippen molar-refractivity contribution in [2.45, 2.75) is 38.0 Å². The Bertz CT molecular complexity index is 398. The second-order valence-corrected chi connectivity index (χ2v) is 4.35.